The van der Waals surface area contributed by atoms with Crippen LogP contribution in [0.1, 0.15) is 6.92 Å². The zero-order valence-electron chi connectivity index (χ0n) is 5.40. The molecule has 5 heteroatoms. The SMILES string of the molecule is CCO[SiH2][SiH]([SiH3])[SiH3]. The summed E-state index contributed by atoms with van der Waals surface area (Å²) in [4.78, 5) is 0. The summed E-state index contributed by atoms with van der Waals surface area (Å²) in [5.74, 6) is 0. The maximum atomic E-state index is 5.36. The van der Waals surface area contributed by atoms with Gasteiger partial charge in [0.2, 0.25) is 0 Å². The highest BCUT2D eigenvalue weighted by Crippen LogP contribution is 1.67. The Kier molecular flexibility index (Phi) is 5.56. The second-order valence-corrected chi connectivity index (χ2v) is 40.0. The first-order chi connectivity index (χ1) is 3.27. The van der Waals surface area contributed by atoms with Crippen molar-refractivity contribution in [2.24, 2.45) is 0 Å². The summed E-state index contributed by atoms with van der Waals surface area (Å²) >= 11 is 0. The molecule has 0 aromatic rings. The third kappa shape index (κ3) is 6.83. The van der Waals surface area contributed by atoms with Crippen molar-refractivity contribution in [3.05, 3.63) is 0 Å². The smallest absolute Gasteiger partial charge is 0.140 e. The van der Waals surface area contributed by atoms with Crippen LogP contribution in [0.3, 0.4) is 0 Å². The fraction of sp³-hybridized carbons (Fsp3) is 1.00. The van der Waals surface area contributed by atoms with Crippen LogP contribution in [0.5, 0.6) is 0 Å². The van der Waals surface area contributed by atoms with Gasteiger partial charge in [0.05, 0.1) is 0 Å². The van der Waals surface area contributed by atoms with Crippen molar-refractivity contribution in [2.45, 2.75) is 6.92 Å². The standard InChI is InChI=1S/C2H14OSi4/c1-2-3-6-7(4)5/h7H,2,6H2,1,4-5H3. The molecule has 44 valence electrons. The number of rotatable bonds is 3. The number of hydrogen-bond donors (Lipinski definition) is 0. The topological polar surface area (TPSA) is 9.23 Å². The van der Waals surface area contributed by atoms with E-state index in [1.54, 1.807) is 0 Å². The monoisotopic (exact) mass is 166 g/mol. The summed E-state index contributed by atoms with van der Waals surface area (Å²) in [5, 5.41) is 0. The fourth-order valence-corrected chi connectivity index (χ4v) is 7.42. The van der Waals surface area contributed by atoms with Crippen molar-refractivity contribution in [3.63, 3.8) is 0 Å². The van der Waals surface area contributed by atoms with Crippen molar-refractivity contribution in [2.75, 3.05) is 6.61 Å². The van der Waals surface area contributed by atoms with Crippen molar-refractivity contribution < 1.29 is 4.43 Å². The lowest BCUT2D eigenvalue weighted by Gasteiger charge is -1.98. The minimum absolute atomic E-state index is 0.00628. The van der Waals surface area contributed by atoms with Crippen LogP contribution in [-0.4, -0.2) is 42.8 Å². The molecule has 0 aromatic carbocycles. The average Bonchev–Trinajstić information content (AvgIpc) is 1.61. The largest absolute Gasteiger partial charge is 0.428 e. The van der Waals surface area contributed by atoms with Gasteiger partial charge in [0.25, 0.3) is 0 Å². The van der Waals surface area contributed by atoms with Crippen LogP contribution in [0.2, 0.25) is 0 Å². The molecule has 0 aliphatic rings. The van der Waals surface area contributed by atoms with Gasteiger partial charge in [-0.15, -0.1) is 0 Å². The molecule has 0 aliphatic heterocycles. The van der Waals surface area contributed by atoms with Crippen molar-refractivity contribution in [1.82, 2.24) is 0 Å². The summed E-state index contributed by atoms with van der Waals surface area (Å²) in [6, 6.07) is 0. The molecule has 0 N–H and O–H groups in total. The lowest BCUT2D eigenvalue weighted by atomic mass is 10.9. The Morgan fingerprint density at radius 2 is 2.29 bits per heavy atom. The van der Waals surface area contributed by atoms with Gasteiger partial charge >= 0.3 is 0 Å². The van der Waals surface area contributed by atoms with Crippen LogP contribution in [0, 0.1) is 0 Å². The van der Waals surface area contributed by atoms with Gasteiger partial charge in [0, 0.05) is 14.0 Å². The van der Waals surface area contributed by atoms with Gasteiger partial charge in [-0.2, -0.15) is 0 Å². The molecular weight excluding hydrogens is 152 g/mol. The molecule has 1 nitrogen and oxygen atoms in total. The summed E-state index contributed by atoms with van der Waals surface area (Å²) in [5.41, 5.74) is 0. The highest BCUT2D eigenvalue weighted by molar-refractivity contribution is 7.52. The van der Waals surface area contributed by atoms with E-state index in [0.717, 1.165) is 6.61 Å². The van der Waals surface area contributed by atoms with Crippen LogP contribution in [0.25, 0.3) is 0 Å². The Labute approximate surface area is 54.6 Å². The second kappa shape index (κ2) is 4.97. The normalized spacial score (nSPS) is 16.7. The lowest BCUT2D eigenvalue weighted by Crippen LogP contribution is -2.25. The van der Waals surface area contributed by atoms with Crippen LogP contribution >= 0.6 is 0 Å². The van der Waals surface area contributed by atoms with E-state index in [4.69, 9.17) is 4.43 Å². The molecule has 0 unspecified atom stereocenters. The maximum Gasteiger partial charge on any atom is 0.140 e. The van der Waals surface area contributed by atoms with E-state index in [1.165, 1.54) is 19.5 Å². The van der Waals surface area contributed by atoms with E-state index in [9.17, 15) is 0 Å². The summed E-state index contributed by atoms with van der Waals surface area (Å²) in [7, 11) is 3.16. The van der Waals surface area contributed by atoms with Gasteiger partial charge in [0.1, 0.15) is 9.28 Å². The maximum absolute atomic E-state index is 5.36. The van der Waals surface area contributed by atoms with Gasteiger partial charge in [-0.25, -0.2) is 0 Å². The molecule has 0 atom stereocenters. The molecule has 0 spiro atoms. The predicted octanol–water partition coefficient (Wildman–Crippen LogP) is -3.45. The second-order valence-electron chi connectivity index (χ2n) is 2.05. The first-order valence-corrected chi connectivity index (χ1v) is 15.9. The molecule has 0 aromatic heterocycles. The van der Waals surface area contributed by atoms with E-state index < -0.39 is 0 Å². The van der Waals surface area contributed by atoms with Crippen molar-refractivity contribution in [1.29, 1.82) is 0 Å². The molecule has 0 heterocycles. The molecule has 0 aliphatic carbocycles. The molecule has 0 bridgehead atoms. The van der Waals surface area contributed by atoms with Crippen LogP contribution in [-0.2, 0) is 4.43 Å². The van der Waals surface area contributed by atoms with Crippen LogP contribution in [0.4, 0.5) is 0 Å². The Balaban J connectivity index is 2.68. The third-order valence-electron chi connectivity index (χ3n) is 0.655. The van der Waals surface area contributed by atoms with Crippen LogP contribution in [0.15, 0.2) is 0 Å². The minimum atomic E-state index is 0.00628. The predicted molar refractivity (Wildman–Crippen MR) is 47.2 cm³/mol. The average molecular weight is 166 g/mol. The van der Waals surface area contributed by atoms with Crippen LogP contribution < -0.4 is 0 Å². The molecule has 0 saturated heterocycles. The van der Waals surface area contributed by atoms with Gasteiger partial charge in [-0.3, -0.25) is 0 Å². The third-order valence-corrected chi connectivity index (χ3v) is 10.7. The van der Waals surface area contributed by atoms with E-state index in [0.29, 0.717) is 0 Å². The number of hydrogen-bond acceptors (Lipinski definition) is 1. The molecule has 0 fully saturated rings. The van der Waals surface area contributed by atoms with E-state index >= 15 is 0 Å². The molecule has 7 heavy (non-hydrogen) atoms. The summed E-state index contributed by atoms with van der Waals surface area (Å²) < 4.78 is 5.36. The highest BCUT2D eigenvalue weighted by Gasteiger charge is 1.92. The Bertz CT molecular complexity index is 38.7. The van der Waals surface area contributed by atoms with Gasteiger partial charge in [-0.1, -0.05) is 0 Å². The minimum Gasteiger partial charge on any atom is -0.428 e. The van der Waals surface area contributed by atoms with E-state index in [2.05, 4.69) is 6.92 Å². The molecule has 0 radical (unpaired) electrons. The Morgan fingerprint density at radius 1 is 1.71 bits per heavy atom. The Hall–Kier alpha value is 0.828. The Morgan fingerprint density at radius 3 is 2.43 bits per heavy atom. The van der Waals surface area contributed by atoms with Crippen molar-refractivity contribution >= 4 is 36.1 Å². The first kappa shape index (κ1) is 7.83. The molecule has 0 saturated carbocycles. The fourth-order valence-electron chi connectivity index (χ4n) is 0.354. The zero-order valence-corrected chi connectivity index (χ0v) is 12.0. The molecular formula is C2H14OSi4. The summed E-state index contributed by atoms with van der Waals surface area (Å²) in [6.07, 6.45) is 0. The van der Waals surface area contributed by atoms with Crippen molar-refractivity contribution in [3.8, 4) is 0 Å². The van der Waals surface area contributed by atoms with E-state index in [-0.39, 0.29) is 16.6 Å². The van der Waals surface area contributed by atoms with E-state index in [1.807, 2.05) is 0 Å². The first-order valence-electron chi connectivity index (χ1n) is 2.85. The summed E-state index contributed by atoms with van der Waals surface area (Å²) in [6.45, 7) is 3.09. The highest BCUT2D eigenvalue weighted by atomic mass is 29.8. The molecule has 0 amide bonds. The van der Waals surface area contributed by atoms with Gasteiger partial charge in [-0.05, 0) is 26.4 Å². The molecule has 0 rings (SSSR count). The van der Waals surface area contributed by atoms with Gasteiger partial charge < -0.3 is 4.43 Å². The lowest BCUT2D eigenvalue weighted by molar-refractivity contribution is 0.370. The van der Waals surface area contributed by atoms with Gasteiger partial charge in [0.15, 0.2) is 0 Å². The quantitative estimate of drug-likeness (QED) is 0.397. The zero-order chi connectivity index (χ0) is 5.70.